The summed E-state index contributed by atoms with van der Waals surface area (Å²) in [5.41, 5.74) is 8.96. The molecule has 2 heterocycles. The third kappa shape index (κ3) is 4.87. The molecule has 25 heavy (non-hydrogen) atoms. The van der Waals surface area contributed by atoms with Crippen LogP contribution in [0.4, 0.5) is 4.39 Å². The van der Waals surface area contributed by atoms with Crippen LogP contribution in [0, 0.1) is 5.95 Å². The van der Waals surface area contributed by atoms with Gasteiger partial charge >= 0.3 is 0 Å². The van der Waals surface area contributed by atoms with Gasteiger partial charge in [0.05, 0.1) is 0 Å². The van der Waals surface area contributed by atoms with Crippen molar-refractivity contribution in [2.75, 3.05) is 13.1 Å². The first-order valence-corrected chi connectivity index (χ1v) is 8.84. The van der Waals surface area contributed by atoms with Gasteiger partial charge in [-0.2, -0.15) is 4.39 Å². The molecule has 0 atom stereocenters. The fourth-order valence-electron chi connectivity index (χ4n) is 3.17. The molecule has 0 spiro atoms. The number of halogens is 1. The number of nitrogens with two attached hydrogens (primary N) is 1. The van der Waals surface area contributed by atoms with E-state index in [2.05, 4.69) is 39.3 Å². The number of benzene rings is 1. The summed E-state index contributed by atoms with van der Waals surface area (Å²) < 4.78 is 13.4. The van der Waals surface area contributed by atoms with Crippen molar-refractivity contribution in [1.82, 2.24) is 14.9 Å². The molecule has 132 valence electrons. The quantitative estimate of drug-likeness (QED) is 0.460. The Labute approximate surface area is 147 Å². The van der Waals surface area contributed by atoms with Crippen molar-refractivity contribution in [3.05, 3.63) is 65.9 Å². The molecule has 0 amide bonds. The number of aromatic nitrogens is 2. The van der Waals surface area contributed by atoms with Gasteiger partial charge in [0.25, 0.3) is 0 Å². The smallest absolute Gasteiger partial charge is 0.213 e. The largest absolute Gasteiger partial charge is 0.361 e. The number of hydrogen-bond acceptors (Lipinski definition) is 3. The van der Waals surface area contributed by atoms with Crippen LogP contribution in [0.2, 0.25) is 0 Å². The Hall–Kier alpha value is -2.24. The first-order chi connectivity index (χ1) is 12.3. The van der Waals surface area contributed by atoms with Crippen LogP contribution in [-0.2, 0) is 13.1 Å². The summed E-state index contributed by atoms with van der Waals surface area (Å²) in [6.07, 6.45) is 6.86. The maximum absolute atomic E-state index is 13.4. The lowest BCUT2D eigenvalue weighted by Crippen LogP contribution is -2.24. The zero-order valence-electron chi connectivity index (χ0n) is 14.4. The molecule has 3 N–H and O–H groups in total. The highest BCUT2D eigenvalue weighted by Crippen LogP contribution is 2.20. The summed E-state index contributed by atoms with van der Waals surface area (Å²) in [5.74, 6) is -0.423. The van der Waals surface area contributed by atoms with E-state index in [1.54, 1.807) is 0 Å². The van der Waals surface area contributed by atoms with E-state index in [-0.39, 0.29) is 0 Å². The van der Waals surface area contributed by atoms with E-state index in [1.807, 2.05) is 12.1 Å². The number of nitrogens with zero attached hydrogens (tertiary/aromatic N) is 2. The van der Waals surface area contributed by atoms with Crippen molar-refractivity contribution in [3.63, 3.8) is 0 Å². The minimum absolute atomic E-state index is 0.423. The first-order valence-electron chi connectivity index (χ1n) is 8.84. The van der Waals surface area contributed by atoms with Crippen molar-refractivity contribution in [3.8, 4) is 0 Å². The Balaban J connectivity index is 1.73. The Morgan fingerprint density at radius 1 is 1.08 bits per heavy atom. The molecule has 0 radical (unpaired) electrons. The molecule has 1 aromatic carbocycles. The highest BCUT2D eigenvalue weighted by Gasteiger charge is 2.11. The van der Waals surface area contributed by atoms with Crippen molar-refractivity contribution in [2.45, 2.75) is 32.4 Å². The molecule has 0 saturated heterocycles. The van der Waals surface area contributed by atoms with Crippen LogP contribution in [0.15, 0.2) is 48.8 Å². The Morgan fingerprint density at radius 3 is 2.80 bits per heavy atom. The fraction of sp³-hybridized carbons (Fsp3) is 0.350. The van der Waals surface area contributed by atoms with Crippen LogP contribution >= 0.6 is 0 Å². The van der Waals surface area contributed by atoms with Crippen LogP contribution in [-0.4, -0.2) is 28.0 Å². The Bertz CT molecular complexity index is 799. The van der Waals surface area contributed by atoms with E-state index in [0.717, 1.165) is 50.0 Å². The van der Waals surface area contributed by atoms with Crippen molar-refractivity contribution in [2.24, 2.45) is 5.73 Å². The molecule has 0 fully saturated rings. The molecule has 0 aliphatic rings. The van der Waals surface area contributed by atoms with Crippen LogP contribution in [0.3, 0.4) is 0 Å². The van der Waals surface area contributed by atoms with Crippen LogP contribution < -0.4 is 5.73 Å². The number of rotatable bonds is 9. The second-order valence-corrected chi connectivity index (χ2v) is 6.41. The predicted octanol–water partition coefficient (Wildman–Crippen LogP) is 3.83. The van der Waals surface area contributed by atoms with Gasteiger partial charge in [0.1, 0.15) is 0 Å². The van der Waals surface area contributed by atoms with Gasteiger partial charge in [-0.1, -0.05) is 24.6 Å². The number of pyridine rings is 1. The van der Waals surface area contributed by atoms with Gasteiger partial charge in [-0.25, -0.2) is 4.98 Å². The molecule has 2 aromatic heterocycles. The minimum atomic E-state index is -0.423. The standard InChI is InChI=1S/C20H25FN4/c21-20-12-16(8-10-23-20)14-25(11-5-1-4-9-22)15-17-13-24-19-7-3-2-6-18(17)19/h2-3,6-8,10,12-13,24H,1,4-5,9,11,14-15,22H2. The molecule has 0 saturated carbocycles. The van der Waals surface area contributed by atoms with Crippen LogP contribution in [0.25, 0.3) is 10.9 Å². The molecular weight excluding hydrogens is 315 g/mol. The second kappa shape index (κ2) is 8.74. The third-order valence-electron chi connectivity index (χ3n) is 4.44. The highest BCUT2D eigenvalue weighted by atomic mass is 19.1. The monoisotopic (exact) mass is 340 g/mol. The summed E-state index contributed by atoms with van der Waals surface area (Å²) >= 11 is 0. The number of aromatic amines is 1. The van der Waals surface area contributed by atoms with E-state index in [4.69, 9.17) is 5.73 Å². The normalized spacial score (nSPS) is 11.5. The first kappa shape index (κ1) is 17.6. The van der Waals surface area contributed by atoms with E-state index in [0.29, 0.717) is 6.54 Å². The zero-order valence-corrected chi connectivity index (χ0v) is 14.4. The lowest BCUT2D eigenvalue weighted by atomic mass is 10.1. The SMILES string of the molecule is NCCCCCN(Cc1ccnc(F)c1)Cc1c[nH]c2ccccc12. The van der Waals surface area contributed by atoms with Gasteiger partial charge in [-0.05, 0) is 55.3 Å². The number of hydrogen-bond donors (Lipinski definition) is 2. The molecule has 3 aromatic rings. The molecule has 0 aliphatic carbocycles. The topological polar surface area (TPSA) is 57.9 Å². The maximum atomic E-state index is 13.4. The number of para-hydroxylation sites is 1. The summed E-state index contributed by atoms with van der Waals surface area (Å²) in [6, 6.07) is 11.7. The molecule has 5 heteroatoms. The third-order valence-corrected chi connectivity index (χ3v) is 4.44. The Kier molecular flexibility index (Phi) is 6.14. The molecule has 0 aliphatic heterocycles. The van der Waals surface area contributed by atoms with Crippen LogP contribution in [0.1, 0.15) is 30.4 Å². The lowest BCUT2D eigenvalue weighted by Gasteiger charge is -2.22. The number of H-pyrrole nitrogens is 1. The fourth-order valence-corrected chi connectivity index (χ4v) is 3.17. The molecule has 4 nitrogen and oxygen atoms in total. The Morgan fingerprint density at radius 2 is 1.96 bits per heavy atom. The van der Waals surface area contributed by atoms with Crippen LogP contribution in [0.5, 0.6) is 0 Å². The average molecular weight is 340 g/mol. The lowest BCUT2D eigenvalue weighted by molar-refractivity contribution is 0.251. The highest BCUT2D eigenvalue weighted by molar-refractivity contribution is 5.82. The van der Waals surface area contributed by atoms with Crippen molar-refractivity contribution >= 4 is 10.9 Å². The molecular formula is C20H25FN4. The van der Waals surface area contributed by atoms with Gasteiger partial charge in [0, 0.05) is 36.4 Å². The zero-order chi connectivity index (χ0) is 17.5. The van der Waals surface area contributed by atoms with Crippen molar-refractivity contribution in [1.29, 1.82) is 0 Å². The number of fused-ring (bicyclic) bond motifs is 1. The predicted molar refractivity (Wildman–Crippen MR) is 99.5 cm³/mol. The summed E-state index contributed by atoms with van der Waals surface area (Å²) in [7, 11) is 0. The van der Waals surface area contributed by atoms with Crippen molar-refractivity contribution < 1.29 is 4.39 Å². The summed E-state index contributed by atoms with van der Waals surface area (Å²) in [5, 5.41) is 1.25. The summed E-state index contributed by atoms with van der Waals surface area (Å²) in [6.45, 7) is 3.24. The molecule has 0 bridgehead atoms. The van der Waals surface area contributed by atoms with Gasteiger partial charge in [0.2, 0.25) is 5.95 Å². The van der Waals surface area contributed by atoms with E-state index < -0.39 is 5.95 Å². The maximum Gasteiger partial charge on any atom is 0.213 e. The number of nitrogens with one attached hydrogen (secondary N) is 1. The molecule has 0 unspecified atom stereocenters. The second-order valence-electron chi connectivity index (χ2n) is 6.41. The van der Waals surface area contributed by atoms with Gasteiger partial charge in [0.15, 0.2) is 0 Å². The summed E-state index contributed by atoms with van der Waals surface area (Å²) in [4.78, 5) is 9.34. The molecule has 3 rings (SSSR count). The van der Waals surface area contributed by atoms with E-state index in [1.165, 1.54) is 23.2 Å². The van der Waals surface area contributed by atoms with E-state index >= 15 is 0 Å². The number of unbranched alkanes of at least 4 members (excludes halogenated alkanes) is 2. The van der Waals surface area contributed by atoms with Gasteiger partial charge in [-0.3, -0.25) is 4.90 Å². The van der Waals surface area contributed by atoms with E-state index in [9.17, 15) is 4.39 Å². The van der Waals surface area contributed by atoms with Gasteiger partial charge in [-0.15, -0.1) is 0 Å². The average Bonchev–Trinajstić information content (AvgIpc) is 3.02. The van der Waals surface area contributed by atoms with Gasteiger partial charge < -0.3 is 10.7 Å². The minimum Gasteiger partial charge on any atom is -0.361 e.